The van der Waals surface area contributed by atoms with Crippen LogP contribution in [0.3, 0.4) is 0 Å². The SMILES string of the molecule is CCC(C)C(=O)OCCS(=O)(=O)CCOc1cc(=O)oc2ccccc12. The van der Waals surface area contributed by atoms with E-state index in [0.29, 0.717) is 17.4 Å². The second kappa shape index (κ2) is 8.84. The normalized spacial score (nSPS) is 12.7. The maximum absolute atomic E-state index is 12.0. The van der Waals surface area contributed by atoms with E-state index < -0.39 is 21.4 Å². The van der Waals surface area contributed by atoms with Crippen LogP contribution in [-0.2, 0) is 19.4 Å². The molecule has 1 unspecified atom stereocenters. The van der Waals surface area contributed by atoms with E-state index in [2.05, 4.69) is 0 Å². The Bertz CT molecular complexity index is 915. The molecule has 8 heteroatoms. The van der Waals surface area contributed by atoms with Crippen molar-refractivity contribution in [2.75, 3.05) is 24.7 Å². The van der Waals surface area contributed by atoms with Gasteiger partial charge in [-0.3, -0.25) is 4.79 Å². The first kappa shape index (κ1) is 20.0. The Balaban J connectivity index is 1.89. The van der Waals surface area contributed by atoms with Crippen molar-refractivity contribution < 1.29 is 27.1 Å². The van der Waals surface area contributed by atoms with Crippen LogP contribution in [0.2, 0.25) is 0 Å². The van der Waals surface area contributed by atoms with Crippen molar-refractivity contribution in [3.63, 3.8) is 0 Å². The summed E-state index contributed by atoms with van der Waals surface area (Å²) in [5.41, 5.74) is -0.201. The topological polar surface area (TPSA) is 99.9 Å². The molecule has 1 heterocycles. The maximum atomic E-state index is 12.0. The van der Waals surface area contributed by atoms with Crippen molar-refractivity contribution in [1.29, 1.82) is 0 Å². The third kappa shape index (κ3) is 5.59. The van der Waals surface area contributed by atoms with Crippen molar-refractivity contribution in [3.8, 4) is 5.75 Å². The molecule has 0 amide bonds. The zero-order chi connectivity index (χ0) is 19.2. The van der Waals surface area contributed by atoms with Crippen molar-refractivity contribution in [2.45, 2.75) is 20.3 Å². The number of carbonyl (C=O) groups is 1. The summed E-state index contributed by atoms with van der Waals surface area (Å²) in [4.78, 5) is 23.1. The molecule has 0 spiro atoms. The van der Waals surface area contributed by atoms with Crippen molar-refractivity contribution in [2.24, 2.45) is 5.92 Å². The predicted molar refractivity (Wildman–Crippen MR) is 97.0 cm³/mol. The van der Waals surface area contributed by atoms with E-state index in [4.69, 9.17) is 13.9 Å². The fraction of sp³-hybridized carbons (Fsp3) is 0.444. The van der Waals surface area contributed by atoms with E-state index in [9.17, 15) is 18.0 Å². The standard InChI is InChI=1S/C18H22O7S/c1-3-13(2)18(20)24-9-11-26(21,22)10-8-23-16-12-17(19)25-15-7-5-4-6-14(15)16/h4-7,12-13H,3,8-11H2,1-2H3. The fourth-order valence-electron chi connectivity index (χ4n) is 2.16. The predicted octanol–water partition coefficient (Wildman–Crippen LogP) is 2.18. The molecule has 0 radical (unpaired) electrons. The highest BCUT2D eigenvalue weighted by Crippen LogP contribution is 2.23. The Hall–Kier alpha value is -2.35. The van der Waals surface area contributed by atoms with Crippen molar-refractivity contribution in [1.82, 2.24) is 0 Å². The number of para-hydroxylation sites is 1. The number of hydrogen-bond acceptors (Lipinski definition) is 7. The molecule has 2 aromatic rings. The lowest BCUT2D eigenvalue weighted by molar-refractivity contribution is -0.147. The van der Waals surface area contributed by atoms with Gasteiger partial charge in [-0.25, -0.2) is 13.2 Å². The molecule has 7 nitrogen and oxygen atoms in total. The minimum atomic E-state index is -3.45. The van der Waals surface area contributed by atoms with Crippen LogP contribution in [0.25, 0.3) is 11.0 Å². The molecule has 1 atom stereocenters. The van der Waals surface area contributed by atoms with E-state index in [0.717, 1.165) is 0 Å². The van der Waals surface area contributed by atoms with Gasteiger partial charge in [-0.15, -0.1) is 0 Å². The first-order valence-electron chi connectivity index (χ1n) is 8.35. The van der Waals surface area contributed by atoms with E-state index in [1.165, 1.54) is 6.07 Å². The maximum Gasteiger partial charge on any atom is 0.339 e. The second-order valence-corrected chi connectivity index (χ2v) is 8.21. The van der Waals surface area contributed by atoms with Gasteiger partial charge in [-0.1, -0.05) is 26.0 Å². The van der Waals surface area contributed by atoms with E-state index in [1.807, 2.05) is 6.92 Å². The van der Waals surface area contributed by atoms with Gasteiger partial charge in [0.25, 0.3) is 0 Å². The summed E-state index contributed by atoms with van der Waals surface area (Å²) in [6.07, 6.45) is 0.637. The van der Waals surface area contributed by atoms with E-state index in [-0.39, 0.29) is 36.4 Å². The molecule has 0 fully saturated rings. The molecule has 26 heavy (non-hydrogen) atoms. The zero-order valence-electron chi connectivity index (χ0n) is 14.8. The van der Waals surface area contributed by atoms with Gasteiger partial charge in [0.15, 0.2) is 9.84 Å². The number of sulfone groups is 1. The molecule has 0 aliphatic carbocycles. The quantitative estimate of drug-likeness (QED) is 0.484. The van der Waals surface area contributed by atoms with Crippen LogP contribution in [0.5, 0.6) is 5.75 Å². The van der Waals surface area contributed by atoms with Crippen LogP contribution in [0.15, 0.2) is 39.5 Å². The molecule has 1 aromatic carbocycles. The highest BCUT2D eigenvalue weighted by atomic mass is 32.2. The lowest BCUT2D eigenvalue weighted by atomic mass is 10.1. The van der Waals surface area contributed by atoms with Crippen molar-refractivity contribution in [3.05, 3.63) is 40.8 Å². The minimum absolute atomic E-state index is 0.116. The lowest BCUT2D eigenvalue weighted by Gasteiger charge is -2.10. The first-order chi connectivity index (χ1) is 12.3. The molecule has 2 rings (SSSR count). The van der Waals surface area contributed by atoms with Crippen molar-refractivity contribution >= 4 is 26.8 Å². The monoisotopic (exact) mass is 382 g/mol. The summed E-state index contributed by atoms with van der Waals surface area (Å²) in [6.45, 7) is 3.29. The molecule has 0 aliphatic heterocycles. The van der Waals surface area contributed by atoms with Gasteiger partial charge in [0.2, 0.25) is 0 Å². The average Bonchev–Trinajstić information content (AvgIpc) is 2.60. The third-order valence-corrected chi connectivity index (χ3v) is 5.49. The highest BCUT2D eigenvalue weighted by molar-refractivity contribution is 7.91. The van der Waals surface area contributed by atoms with Crippen LogP contribution >= 0.6 is 0 Å². The summed E-state index contributed by atoms with van der Waals surface area (Å²) in [7, 11) is -3.45. The number of rotatable bonds is 9. The minimum Gasteiger partial charge on any atom is -0.491 e. The van der Waals surface area contributed by atoms with Gasteiger partial charge >= 0.3 is 11.6 Å². The Labute approximate surface area is 151 Å². The number of esters is 1. The molecule has 0 saturated carbocycles. The van der Waals surface area contributed by atoms with E-state index in [1.54, 1.807) is 31.2 Å². The lowest BCUT2D eigenvalue weighted by Crippen LogP contribution is -2.23. The van der Waals surface area contributed by atoms with Crippen LogP contribution in [-0.4, -0.2) is 39.1 Å². The first-order valence-corrected chi connectivity index (χ1v) is 10.2. The second-order valence-electron chi connectivity index (χ2n) is 5.90. The van der Waals surface area contributed by atoms with Crippen LogP contribution in [0.1, 0.15) is 20.3 Å². The Morgan fingerprint density at radius 1 is 1.19 bits per heavy atom. The smallest absolute Gasteiger partial charge is 0.339 e. The molecule has 142 valence electrons. The molecule has 0 aliphatic rings. The summed E-state index contributed by atoms with van der Waals surface area (Å²) in [5, 5.41) is 0.590. The van der Waals surface area contributed by atoms with Gasteiger partial charge in [-0.05, 0) is 18.6 Å². The molecular formula is C18H22O7S. The van der Waals surface area contributed by atoms with Gasteiger partial charge in [0, 0.05) is 0 Å². The summed E-state index contributed by atoms with van der Waals surface area (Å²) in [6, 6.07) is 8.02. The number of hydrogen-bond donors (Lipinski definition) is 0. The van der Waals surface area contributed by atoms with Crippen LogP contribution in [0.4, 0.5) is 0 Å². The molecule has 0 bridgehead atoms. The van der Waals surface area contributed by atoms with Gasteiger partial charge in [0.05, 0.1) is 28.9 Å². The molecule has 1 aromatic heterocycles. The van der Waals surface area contributed by atoms with Crippen LogP contribution in [0, 0.1) is 5.92 Å². The Kier molecular flexibility index (Phi) is 6.79. The summed E-state index contributed by atoms with van der Waals surface area (Å²) >= 11 is 0. The Morgan fingerprint density at radius 3 is 2.62 bits per heavy atom. The zero-order valence-corrected chi connectivity index (χ0v) is 15.6. The number of ether oxygens (including phenoxy) is 2. The number of fused-ring (bicyclic) bond motifs is 1. The Morgan fingerprint density at radius 2 is 1.88 bits per heavy atom. The van der Waals surface area contributed by atoms with E-state index >= 15 is 0 Å². The third-order valence-electron chi connectivity index (χ3n) is 3.92. The summed E-state index contributed by atoms with van der Waals surface area (Å²) in [5.74, 6) is -0.894. The fourth-order valence-corrected chi connectivity index (χ4v) is 3.04. The number of benzene rings is 1. The average molecular weight is 382 g/mol. The highest BCUT2D eigenvalue weighted by Gasteiger charge is 2.16. The van der Waals surface area contributed by atoms with Gasteiger partial charge in [-0.2, -0.15) is 0 Å². The molecular weight excluding hydrogens is 360 g/mol. The summed E-state index contributed by atoms with van der Waals surface area (Å²) < 4.78 is 39.5. The van der Waals surface area contributed by atoms with Gasteiger partial charge < -0.3 is 13.9 Å². The molecule has 0 saturated heterocycles. The van der Waals surface area contributed by atoms with Crippen LogP contribution < -0.4 is 10.4 Å². The van der Waals surface area contributed by atoms with Gasteiger partial charge in [0.1, 0.15) is 24.5 Å². The largest absolute Gasteiger partial charge is 0.491 e. The molecule has 0 N–H and O–H groups in total. The number of carbonyl (C=O) groups excluding carboxylic acids is 1.